The van der Waals surface area contributed by atoms with E-state index < -0.39 is 14.5 Å². The van der Waals surface area contributed by atoms with Gasteiger partial charge in [0.15, 0.2) is 12.4 Å². The zero-order valence-electron chi connectivity index (χ0n) is 22.6. The van der Waals surface area contributed by atoms with Crippen molar-refractivity contribution in [2.24, 2.45) is 7.05 Å². The van der Waals surface area contributed by atoms with Crippen LogP contribution in [0.2, 0.25) is 0 Å². The first-order valence-corrected chi connectivity index (χ1v) is 12.9. The summed E-state index contributed by atoms with van der Waals surface area (Å²) < 4.78 is 86.6. The van der Waals surface area contributed by atoms with Crippen molar-refractivity contribution in [1.29, 1.82) is 0 Å². The highest BCUT2D eigenvalue weighted by Crippen LogP contribution is 2.34. The molecular weight excluding hydrogens is 576 g/mol. The molecule has 0 saturated carbocycles. The van der Waals surface area contributed by atoms with Crippen LogP contribution in [0.15, 0.2) is 126 Å². The highest BCUT2D eigenvalue weighted by Gasteiger charge is 2.22. The first-order chi connectivity index (χ1) is 20.2. The van der Waals surface area contributed by atoms with Crippen LogP contribution in [0.5, 0.6) is 0 Å². The topological polar surface area (TPSA) is 15.2 Å². The number of nitrogens with zero attached hydrogens (tertiary/aromatic N) is 1. The van der Waals surface area contributed by atoms with Crippen molar-refractivity contribution in [3.8, 4) is 33.8 Å². The minimum Gasteiger partial charge on any atom is -0.418 e. The summed E-state index contributed by atoms with van der Waals surface area (Å²) in [5.74, 6) is 1.71. The van der Waals surface area contributed by atoms with E-state index in [0.717, 1.165) is 33.8 Å². The number of hydrogen-bond donors (Lipinski definition) is 0. The van der Waals surface area contributed by atoms with Gasteiger partial charge in [-0.15, -0.1) is 0 Å². The normalized spacial score (nSPS) is 11.4. The molecule has 0 radical (unpaired) electrons. The Morgan fingerprint density at radius 3 is 1.21 bits per heavy atom. The summed E-state index contributed by atoms with van der Waals surface area (Å²) >= 11 is 0. The third-order valence-electron chi connectivity index (χ3n) is 6.17. The average molecular weight is 599 g/mol. The summed E-state index contributed by atoms with van der Waals surface area (Å²) in [5, 5.41) is 4.86. The Morgan fingerprint density at radius 2 is 0.814 bits per heavy atom. The molecule has 220 valence electrons. The van der Waals surface area contributed by atoms with Crippen molar-refractivity contribution in [3.63, 3.8) is 0 Å². The number of fused-ring (bicyclic) bond motifs is 2. The van der Waals surface area contributed by atoms with Crippen molar-refractivity contribution in [2.75, 3.05) is 0 Å². The molecule has 0 fully saturated rings. The van der Waals surface area contributed by atoms with E-state index in [-0.39, 0.29) is 0 Å². The third-order valence-corrected chi connectivity index (χ3v) is 6.17. The fourth-order valence-corrected chi connectivity index (χ4v) is 4.33. The zero-order chi connectivity index (χ0) is 31.2. The lowest BCUT2D eigenvalue weighted by atomic mass is 10.00. The lowest BCUT2D eigenvalue weighted by Crippen LogP contribution is -2.25. The molecule has 0 amide bonds. The van der Waals surface area contributed by atoms with Crippen LogP contribution in [0.4, 0.5) is 34.5 Å². The standard InChI is InChI=1S/C31H23NO.2BF4/c1-32-16-14-24(15-17-32)29-20-30(27-12-10-22-6-2-4-8-25(22)18-27)33-31(21-29)28-13-11-23-7-3-5-9-26(23)19-28;2*2-1(3,4)5/h2-21H,1H3;;/q+2;2*-1. The van der Waals surface area contributed by atoms with Gasteiger partial charge in [0.25, 0.3) is 0 Å². The SMILES string of the molecule is C[n+]1ccc(-c2cc(-c3ccc4ccccc4c3)[o+]c(-c3ccc4ccccc4c3)c2)cc1.F[B-](F)(F)F.F[B-](F)(F)F. The Balaban J connectivity index is 0.000000369. The molecule has 0 N–H and O–H groups in total. The summed E-state index contributed by atoms with van der Waals surface area (Å²) in [6, 6.07) is 38.4. The number of aromatic nitrogens is 1. The lowest BCUT2D eigenvalue weighted by Gasteiger charge is -2.04. The zero-order valence-corrected chi connectivity index (χ0v) is 22.6. The smallest absolute Gasteiger partial charge is 0.418 e. The highest BCUT2D eigenvalue weighted by atomic mass is 19.5. The van der Waals surface area contributed by atoms with Gasteiger partial charge in [-0.05, 0) is 51.4 Å². The molecule has 43 heavy (non-hydrogen) atoms. The number of hydrogen-bond acceptors (Lipinski definition) is 0. The molecule has 0 saturated heterocycles. The molecule has 2 nitrogen and oxygen atoms in total. The van der Waals surface area contributed by atoms with Gasteiger partial charge in [-0.25, -0.2) is 8.98 Å². The largest absolute Gasteiger partial charge is 0.673 e. The highest BCUT2D eigenvalue weighted by molar-refractivity contribution is 6.50. The van der Waals surface area contributed by atoms with Crippen molar-refractivity contribution in [2.45, 2.75) is 0 Å². The predicted octanol–water partition coefficient (Wildman–Crippen LogP) is 10.3. The minimum absolute atomic E-state index is 0.856. The molecule has 6 rings (SSSR count). The monoisotopic (exact) mass is 599 g/mol. The van der Waals surface area contributed by atoms with Gasteiger partial charge in [-0.2, -0.15) is 0 Å². The molecule has 6 aromatic rings. The van der Waals surface area contributed by atoms with Crippen molar-refractivity contribution in [1.82, 2.24) is 0 Å². The predicted molar refractivity (Wildman–Crippen MR) is 156 cm³/mol. The Hall–Kier alpha value is -4.73. The molecule has 0 aliphatic rings. The first-order valence-electron chi connectivity index (χ1n) is 12.9. The van der Waals surface area contributed by atoms with E-state index in [1.165, 1.54) is 21.5 Å². The van der Waals surface area contributed by atoms with Crippen LogP contribution in [0, 0.1) is 0 Å². The van der Waals surface area contributed by atoms with Gasteiger partial charge in [0.1, 0.15) is 7.05 Å². The summed E-state index contributed by atoms with van der Waals surface area (Å²) in [7, 11) is -9.97. The molecule has 4 aromatic carbocycles. The van der Waals surface area contributed by atoms with Crippen LogP contribution in [0.1, 0.15) is 0 Å². The fraction of sp³-hybridized carbons (Fsp3) is 0.0323. The van der Waals surface area contributed by atoms with E-state index in [1.54, 1.807) is 0 Å². The van der Waals surface area contributed by atoms with E-state index in [1.807, 2.05) is 11.6 Å². The van der Waals surface area contributed by atoms with Crippen LogP contribution in [0.3, 0.4) is 0 Å². The number of pyridine rings is 1. The summed E-state index contributed by atoms with van der Waals surface area (Å²) in [4.78, 5) is 0. The Kier molecular flexibility index (Phi) is 9.48. The molecule has 2 heterocycles. The molecule has 0 aliphatic heterocycles. The second kappa shape index (κ2) is 13.1. The Labute approximate surface area is 242 Å². The van der Waals surface area contributed by atoms with Gasteiger partial charge in [0.05, 0.1) is 23.3 Å². The molecular formula is C31H23B2F8NO. The third kappa shape index (κ3) is 9.66. The molecule has 0 bridgehead atoms. The Morgan fingerprint density at radius 1 is 0.442 bits per heavy atom. The van der Waals surface area contributed by atoms with E-state index in [4.69, 9.17) is 4.42 Å². The molecule has 12 heteroatoms. The second-order valence-corrected chi connectivity index (χ2v) is 9.44. The van der Waals surface area contributed by atoms with Gasteiger partial charge >= 0.3 is 26.0 Å². The molecule has 0 atom stereocenters. The minimum atomic E-state index is -6.00. The van der Waals surface area contributed by atoms with E-state index in [2.05, 4.69) is 122 Å². The second-order valence-electron chi connectivity index (χ2n) is 9.44. The molecule has 0 aliphatic carbocycles. The van der Waals surface area contributed by atoms with Crippen molar-refractivity contribution < 1.29 is 43.5 Å². The van der Waals surface area contributed by atoms with Crippen LogP contribution in [-0.2, 0) is 7.05 Å². The average Bonchev–Trinajstić information content (AvgIpc) is 2.95. The molecule has 0 unspecified atom stereocenters. The van der Waals surface area contributed by atoms with Crippen LogP contribution < -0.4 is 4.57 Å². The number of benzene rings is 4. The quantitative estimate of drug-likeness (QED) is 0.0856. The van der Waals surface area contributed by atoms with Crippen LogP contribution in [-0.4, -0.2) is 14.5 Å². The fourth-order valence-electron chi connectivity index (χ4n) is 4.33. The van der Waals surface area contributed by atoms with Gasteiger partial charge in [0.2, 0.25) is 0 Å². The lowest BCUT2D eigenvalue weighted by molar-refractivity contribution is -0.671. The van der Waals surface area contributed by atoms with Gasteiger partial charge in [0, 0.05) is 17.7 Å². The molecule has 0 spiro atoms. The van der Waals surface area contributed by atoms with Crippen molar-refractivity contribution >= 4 is 36.1 Å². The van der Waals surface area contributed by atoms with E-state index in [9.17, 15) is 34.5 Å². The van der Waals surface area contributed by atoms with Gasteiger partial charge < -0.3 is 34.5 Å². The maximum atomic E-state index is 9.75. The number of rotatable bonds is 3. The Bertz CT molecular complexity index is 1720. The first kappa shape index (κ1) is 31.2. The van der Waals surface area contributed by atoms with Gasteiger partial charge in [-0.3, -0.25) is 0 Å². The van der Waals surface area contributed by atoms with E-state index in [0.29, 0.717) is 0 Å². The summed E-state index contributed by atoms with van der Waals surface area (Å²) in [5.41, 5.74) is 4.43. The number of halogens is 8. The van der Waals surface area contributed by atoms with Gasteiger partial charge in [-0.1, -0.05) is 60.7 Å². The number of aryl methyl sites for hydroxylation is 1. The summed E-state index contributed by atoms with van der Waals surface area (Å²) in [6.45, 7) is 0. The maximum absolute atomic E-state index is 9.75. The van der Waals surface area contributed by atoms with Crippen molar-refractivity contribution in [3.05, 3.63) is 122 Å². The van der Waals surface area contributed by atoms with E-state index >= 15 is 0 Å². The van der Waals surface area contributed by atoms with Crippen LogP contribution >= 0.6 is 0 Å². The van der Waals surface area contributed by atoms with Crippen LogP contribution in [0.25, 0.3) is 55.3 Å². The molecule has 2 aromatic heterocycles. The summed E-state index contributed by atoms with van der Waals surface area (Å²) in [6.07, 6.45) is 4.15. The maximum Gasteiger partial charge on any atom is 0.673 e.